The molecule has 3 aromatic rings. The Labute approximate surface area is 156 Å². The number of anilines is 1. The van der Waals surface area contributed by atoms with Crippen molar-refractivity contribution in [1.29, 1.82) is 0 Å². The summed E-state index contributed by atoms with van der Waals surface area (Å²) in [5, 5.41) is 10.9. The highest BCUT2D eigenvalue weighted by molar-refractivity contribution is 7.89. The quantitative estimate of drug-likeness (QED) is 0.509. The van der Waals surface area contributed by atoms with Crippen molar-refractivity contribution in [2.24, 2.45) is 0 Å². The normalized spacial score (nSPS) is 13.1. The average molecular weight is 396 g/mol. The first kappa shape index (κ1) is 18.7. The van der Waals surface area contributed by atoms with Crippen LogP contribution in [-0.4, -0.2) is 32.6 Å². The maximum absolute atomic E-state index is 12.5. The molecule has 0 amide bonds. The molecule has 138 valence electrons. The number of nitrogens with zero attached hydrogens (tertiary/aromatic N) is 2. The highest BCUT2D eigenvalue weighted by Gasteiger charge is 2.25. The van der Waals surface area contributed by atoms with Crippen LogP contribution in [0.25, 0.3) is 11.0 Å². The second-order valence-corrected chi connectivity index (χ2v) is 8.13. The van der Waals surface area contributed by atoms with Gasteiger partial charge in [-0.1, -0.05) is 11.6 Å². The van der Waals surface area contributed by atoms with Gasteiger partial charge < -0.3 is 14.4 Å². The molecule has 1 aromatic carbocycles. The Morgan fingerprint density at radius 1 is 1.27 bits per heavy atom. The number of halogens is 1. The van der Waals surface area contributed by atoms with E-state index in [2.05, 4.69) is 9.71 Å². The monoisotopic (exact) mass is 395 g/mol. The van der Waals surface area contributed by atoms with Crippen LogP contribution in [0.1, 0.15) is 17.6 Å². The first-order valence-electron chi connectivity index (χ1n) is 7.71. The number of aromatic nitrogens is 1. The number of aliphatic hydroxyl groups excluding tert-OH is 1. The predicted octanol–water partition coefficient (Wildman–Crippen LogP) is 2.83. The first-order valence-corrected chi connectivity index (χ1v) is 9.57. The zero-order valence-corrected chi connectivity index (χ0v) is 16.0. The van der Waals surface area contributed by atoms with E-state index in [1.807, 2.05) is 31.1 Å². The molecule has 0 radical (unpaired) electrons. The first-order chi connectivity index (χ1) is 12.2. The van der Waals surface area contributed by atoms with Crippen LogP contribution in [0.2, 0.25) is 5.15 Å². The predicted molar refractivity (Wildman–Crippen MR) is 99.8 cm³/mol. The summed E-state index contributed by atoms with van der Waals surface area (Å²) in [5.41, 5.74) is 2.09. The molecule has 7 nitrogen and oxygen atoms in total. The van der Waals surface area contributed by atoms with Gasteiger partial charge in [-0.05, 0) is 36.8 Å². The molecule has 0 bridgehead atoms. The fourth-order valence-corrected chi connectivity index (χ4v) is 4.00. The van der Waals surface area contributed by atoms with Crippen molar-refractivity contribution in [3.05, 3.63) is 53.0 Å². The van der Waals surface area contributed by atoms with E-state index in [1.54, 1.807) is 19.1 Å². The second kappa shape index (κ2) is 6.88. The van der Waals surface area contributed by atoms with Gasteiger partial charge in [0, 0.05) is 37.4 Å². The minimum atomic E-state index is -4.08. The van der Waals surface area contributed by atoms with Crippen LogP contribution in [0.5, 0.6) is 0 Å². The maximum Gasteiger partial charge on any atom is 0.246 e. The molecule has 0 aliphatic rings. The summed E-state index contributed by atoms with van der Waals surface area (Å²) < 4.78 is 32.8. The molecule has 0 fully saturated rings. The Morgan fingerprint density at radius 3 is 2.69 bits per heavy atom. The molecule has 2 aromatic heterocycles. The lowest BCUT2D eigenvalue weighted by Gasteiger charge is -2.12. The molecular weight excluding hydrogens is 378 g/mol. The van der Waals surface area contributed by atoms with Gasteiger partial charge in [-0.2, -0.15) is 4.72 Å². The lowest BCUT2D eigenvalue weighted by Crippen LogP contribution is -2.28. The lowest BCUT2D eigenvalue weighted by molar-refractivity contribution is 0.141. The molecule has 2 N–H and O–H groups in total. The molecular formula is C17H18ClN3O4S. The van der Waals surface area contributed by atoms with Crippen LogP contribution >= 0.6 is 11.6 Å². The number of aliphatic hydroxyl groups is 1. The minimum Gasteiger partial charge on any atom is -0.457 e. The molecule has 0 aliphatic carbocycles. The summed E-state index contributed by atoms with van der Waals surface area (Å²) in [6.07, 6.45) is -0.105. The Kier molecular flexibility index (Phi) is 4.94. The van der Waals surface area contributed by atoms with Crippen LogP contribution in [0.15, 0.2) is 45.8 Å². The third-order valence-corrected chi connectivity index (χ3v) is 5.65. The van der Waals surface area contributed by atoms with Crippen molar-refractivity contribution in [2.45, 2.75) is 18.0 Å². The Hall–Kier alpha value is -2.13. The smallest absolute Gasteiger partial charge is 0.246 e. The number of sulfonamides is 1. The van der Waals surface area contributed by atoms with E-state index in [1.165, 1.54) is 12.3 Å². The number of aryl methyl sites for hydroxylation is 1. The standard InChI is InChI=1S/C17H18ClN3O4S/c1-10-6-15(16(18)19-9-10)26(23,24)20-17(22)14-7-11-4-5-12(21(2)3)8-13(11)25-14/h4-9,17,20,22H,1-3H3. The highest BCUT2D eigenvalue weighted by atomic mass is 35.5. The van der Waals surface area contributed by atoms with Crippen LogP contribution in [0.4, 0.5) is 5.69 Å². The van der Waals surface area contributed by atoms with Gasteiger partial charge in [-0.3, -0.25) is 0 Å². The number of pyridine rings is 1. The highest BCUT2D eigenvalue weighted by Crippen LogP contribution is 2.28. The molecule has 0 spiro atoms. The van der Waals surface area contributed by atoms with E-state index in [0.717, 1.165) is 11.1 Å². The van der Waals surface area contributed by atoms with Crippen molar-refractivity contribution >= 4 is 38.3 Å². The number of rotatable bonds is 5. The molecule has 9 heteroatoms. The maximum atomic E-state index is 12.5. The summed E-state index contributed by atoms with van der Waals surface area (Å²) in [7, 11) is -0.290. The Balaban J connectivity index is 1.90. The summed E-state index contributed by atoms with van der Waals surface area (Å²) >= 11 is 5.88. The van der Waals surface area contributed by atoms with Gasteiger partial charge in [0.25, 0.3) is 0 Å². The van der Waals surface area contributed by atoms with Gasteiger partial charge in [0.2, 0.25) is 10.0 Å². The van der Waals surface area contributed by atoms with Crippen LogP contribution < -0.4 is 9.62 Å². The third kappa shape index (κ3) is 3.68. The van der Waals surface area contributed by atoms with Gasteiger partial charge >= 0.3 is 0 Å². The lowest BCUT2D eigenvalue weighted by atomic mass is 10.2. The van der Waals surface area contributed by atoms with E-state index in [0.29, 0.717) is 11.1 Å². The van der Waals surface area contributed by atoms with Gasteiger partial charge in [0.1, 0.15) is 21.4 Å². The fourth-order valence-electron chi connectivity index (χ4n) is 2.44. The van der Waals surface area contributed by atoms with Crippen molar-refractivity contribution in [1.82, 2.24) is 9.71 Å². The van der Waals surface area contributed by atoms with E-state index >= 15 is 0 Å². The molecule has 3 rings (SSSR count). The molecule has 1 unspecified atom stereocenters. The van der Waals surface area contributed by atoms with Gasteiger partial charge in [-0.25, -0.2) is 13.4 Å². The fraction of sp³-hybridized carbons (Fsp3) is 0.235. The van der Waals surface area contributed by atoms with E-state index < -0.39 is 16.3 Å². The summed E-state index contributed by atoms with van der Waals surface area (Å²) in [6.45, 7) is 1.69. The van der Waals surface area contributed by atoms with Crippen molar-refractivity contribution in [3.8, 4) is 0 Å². The van der Waals surface area contributed by atoms with Crippen molar-refractivity contribution < 1.29 is 17.9 Å². The van der Waals surface area contributed by atoms with Crippen molar-refractivity contribution in [3.63, 3.8) is 0 Å². The molecule has 0 saturated heterocycles. The Bertz CT molecular complexity index is 1060. The molecule has 0 aliphatic heterocycles. The molecule has 2 heterocycles. The van der Waals surface area contributed by atoms with Crippen LogP contribution in [0, 0.1) is 6.92 Å². The zero-order valence-electron chi connectivity index (χ0n) is 14.4. The van der Waals surface area contributed by atoms with E-state index in [4.69, 9.17) is 16.0 Å². The number of furan rings is 1. The van der Waals surface area contributed by atoms with E-state index in [9.17, 15) is 13.5 Å². The van der Waals surface area contributed by atoms with Crippen molar-refractivity contribution in [2.75, 3.05) is 19.0 Å². The topological polar surface area (TPSA) is 95.7 Å². The second-order valence-electron chi connectivity index (χ2n) is 6.09. The SMILES string of the molecule is Cc1cnc(Cl)c(S(=O)(=O)NC(O)c2cc3ccc(N(C)C)cc3o2)c1. The Morgan fingerprint density at radius 2 is 2.00 bits per heavy atom. The summed E-state index contributed by atoms with van der Waals surface area (Å²) in [5.74, 6) is 0.0798. The van der Waals surface area contributed by atoms with Gasteiger partial charge in [-0.15, -0.1) is 0 Å². The van der Waals surface area contributed by atoms with Crippen LogP contribution in [0.3, 0.4) is 0 Å². The van der Waals surface area contributed by atoms with E-state index in [-0.39, 0.29) is 15.8 Å². The van der Waals surface area contributed by atoms with Gasteiger partial charge in [0.05, 0.1) is 0 Å². The number of hydrogen-bond donors (Lipinski definition) is 2. The number of hydrogen-bond acceptors (Lipinski definition) is 6. The zero-order chi connectivity index (χ0) is 19.1. The molecule has 26 heavy (non-hydrogen) atoms. The average Bonchev–Trinajstić information content (AvgIpc) is 2.99. The third-order valence-electron chi connectivity index (χ3n) is 3.81. The number of nitrogens with one attached hydrogen (secondary N) is 1. The molecule has 0 saturated carbocycles. The van der Waals surface area contributed by atoms with Crippen LogP contribution in [-0.2, 0) is 10.0 Å². The number of benzene rings is 1. The minimum absolute atomic E-state index is 0.0798. The molecule has 1 atom stereocenters. The summed E-state index contributed by atoms with van der Waals surface area (Å²) in [4.78, 5) is 5.53. The van der Waals surface area contributed by atoms with Gasteiger partial charge in [0.15, 0.2) is 6.23 Å². The largest absolute Gasteiger partial charge is 0.457 e. The number of fused-ring (bicyclic) bond motifs is 1. The summed E-state index contributed by atoms with van der Waals surface area (Å²) in [6, 6.07) is 8.50.